The zero-order valence-electron chi connectivity index (χ0n) is 15.8. The molecule has 0 aliphatic carbocycles. The maximum absolute atomic E-state index is 13.3. The molecule has 0 saturated carbocycles. The number of ether oxygens (including phenoxy) is 1. The summed E-state index contributed by atoms with van der Waals surface area (Å²) in [5.41, 5.74) is 2.33. The Morgan fingerprint density at radius 3 is 2.24 bits per heavy atom. The van der Waals surface area contributed by atoms with Gasteiger partial charge < -0.3 is 9.64 Å². The van der Waals surface area contributed by atoms with E-state index in [0.717, 1.165) is 5.56 Å². The monoisotopic (exact) mass is 405 g/mol. The maximum atomic E-state index is 13.3. The Balaban J connectivity index is 1.59. The van der Waals surface area contributed by atoms with Crippen LogP contribution in [0.1, 0.15) is 37.9 Å². The minimum absolute atomic E-state index is 0.160. The van der Waals surface area contributed by atoms with Gasteiger partial charge in [-0.05, 0) is 35.9 Å². The largest absolute Gasteiger partial charge is 0.370 e. The first kappa shape index (κ1) is 19.4. The van der Waals surface area contributed by atoms with Gasteiger partial charge in [-0.1, -0.05) is 60.1 Å². The smallest absolute Gasteiger partial charge is 0.254 e. The predicted octanol–water partition coefficient (Wildman–Crippen LogP) is 4.78. The average molecular weight is 406 g/mol. The van der Waals surface area contributed by atoms with E-state index in [-0.39, 0.29) is 17.8 Å². The van der Waals surface area contributed by atoms with E-state index in [1.807, 2.05) is 30.3 Å². The molecule has 3 aromatic carbocycles. The van der Waals surface area contributed by atoms with Gasteiger partial charge in [0.05, 0.1) is 18.7 Å². The molecule has 5 heteroatoms. The fourth-order valence-electron chi connectivity index (χ4n) is 3.50. The van der Waals surface area contributed by atoms with Crippen molar-refractivity contribution in [3.05, 3.63) is 106 Å². The second kappa shape index (κ2) is 8.60. The molecule has 4 rings (SSSR count). The number of morpholine rings is 1. The Kier molecular flexibility index (Phi) is 5.74. The van der Waals surface area contributed by atoms with Crippen molar-refractivity contribution in [1.82, 2.24) is 4.90 Å². The third-order valence-corrected chi connectivity index (χ3v) is 5.29. The van der Waals surface area contributed by atoms with E-state index in [4.69, 9.17) is 16.3 Å². The Morgan fingerprint density at radius 1 is 0.862 bits per heavy atom. The molecule has 1 heterocycles. The van der Waals surface area contributed by atoms with E-state index in [9.17, 15) is 9.59 Å². The first-order valence-electron chi connectivity index (χ1n) is 9.48. The zero-order valence-corrected chi connectivity index (χ0v) is 16.5. The van der Waals surface area contributed by atoms with Gasteiger partial charge in [0.1, 0.15) is 6.10 Å². The summed E-state index contributed by atoms with van der Waals surface area (Å²) >= 11 is 5.93. The number of carbonyl (C=O) groups excluding carboxylic acids is 2. The van der Waals surface area contributed by atoms with E-state index >= 15 is 0 Å². The molecule has 0 aromatic heterocycles. The van der Waals surface area contributed by atoms with Gasteiger partial charge in [0.25, 0.3) is 5.91 Å². The van der Waals surface area contributed by atoms with Crippen LogP contribution in [-0.2, 0) is 4.74 Å². The minimum Gasteiger partial charge on any atom is -0.370 e. The van der Waals surface area contributed by atoms with Gasteiger partial charge in [0, 0.05) is 22.7 Å². The molecule has 146 valence electrons. The number of carbonyl (C=O) groups is 2. The molecule has 0 radical (unpaired) electrons. The van der Waals surface area contributed by atoms with Crippen LogP contribution in [0.4, 0.5) is 0 Å². The predicted molar refractivity (Wildman–Crippen MR) is 112 cm³/mol. The van der Waals surface area contributed by atoms with E-state index in [2.05, 4.69) is 0 Å². The average Bonchev–Trinajstić information content (AvgIpc) is 2.79. The summed E-state index contributed by atoms with van der Waals surface area (Å²) in [4.78, 5) is 28.1. The molecule has 1 saturated heterocycles. The molecule has 4 nitrogen and oxygen atoms in total. The Hall–Kier alpha value is -2.95. The van der Waals surface area contributed by atoms with E-state index in [0.29, 0.717) is 41.4 Å². The number of rotatable bonds is 4. The summed E-state index contributed by atoms with van der Waals surface area (Å²) in [5, 5.41) is 0.561. The van der Waals surface area contributed by atoms with Crippen molar-refractivity contribution < 1.29 is 14.3 Å². The van der Waals surface area contributed by atoms with Crippen molar-refractivity contribution in [2.45, 2.75) is 6.10 Å². The summed E-state index contributed by atoms with van der Waals surface area (Å²) in [6.07, 6.45) is -0.173. The quantitative estimate of drug-likeness (QED) is 0.586. The fourth-order valence-corrected chi connectivity index (χ4v) is 3.62. The van der Waals surface area contributed by atoms with Crippen LogP contribution in [0.15, 0.2) is 78.9 Å². The van der Waals surface area contributed by atoms with Gasteiger partial charge in [0.15, 0.2) is 5.78 Å². The van der Waals surface area contributed by atoms with Crippen molar-refractivity contribution in [2.75, 3.05) is 19.7 Å². The zero-order chi connectivity index (χ0) is 20.2. The lowest BCUT2D eigenvalue weighted by molar-refractivity contribution is -0.0228. The first-order valence-corrected chi connectivity index (χ1v) is 9.86. The third-order valence-electron chi connectivity index (χ3n) is 5.03. The Morgan fingerprint density at radius 2 is 1.52 bits per heavy atom. The lowest BCUT2D eigenvalue weighted by atomic mass is 9.97. The molecule has 0 N–H and O–H groups in total. The molecule has 0 spiro atoms. The van der Waals surface area contributed by atoms with Crippen LogP contribution in [0.3, 0.4) is 0 Å². The SMILES string of the molecule is O=C(c1ccc(Cl)cc1)c1ccccc1C(=O)N1CCO[C@@H](c2ccccc2)C1. The maximum Gasteiger partial charge on any atom is 0.254 e. The summed E-state index contributed by atoms with van der Waals surface area (Å²) in [7, 11) is 0. The van der Waals surface area contributed by atoms with Crippen LogP contribution in [0.2, 0.25) is 5.02 Å². The minimum atomic E-state index is -0.196. The number of hydrogen-bond acceptors (Lipinski definition) is 3. The van der Waals surface area contributed by atoms with Crippen LogP contribution in [0.5, 0.6) is 0 Å². The third kappa shape index (κ3) is 4.24. The first-order chi connectivity index (χ1) is 14.1. The van der Waals surface area contributed by atoms with Crippen molar-refractivity contribution >= 4 is 23.3 Å². The van der Waals surface area contributed by atoms with E-state index in [1.165, 1.54) is 0 Å². The van der Waals surface area contributed by atoms with Crippen LogP contribution >= 0.6 is 11.6 Å². The van der Waals surface area contributed by atoms with E-state index in [1.54, 1.807) is 53.4 Å². The number of ketones is 1. The highest BCUT2D eigenvalue weighted by Crippen LogP contribution is 2.24. The summed E-state index contributed by atoms with van der Waals surface area (Å²) in [5.74, 6) is -0.356. The molecule has 1 fully saturated rings. The van der Waals surface area contributed by atoms with Crippen LogP contribution < -0.4 is 0 Å². The molecule has 1 atom stereocenters. The molecule has 0 bridgehead atoms. The normalized spacial score (nSPS) is 16.4. The summed E-state index contributed by atoms with van der Waals surface area (Å²) in [6, 6.07) is 23.5. The highest BCUT2D eigenvalue weighted by atomic mass is 35.5. The van der Waals surface area contributed by atoms with Gasteiger partial charge in [-0.2, -0.15) is 0 Å². The Labute approximate surface area is 174 Å². The molecule has 3 aromatic rings. The lowest BCUT2D eigenvalue weighted by Crippen LogP contribution is -2.42. The molecule has 1 aliphatic rings. The number of amides is 1. The van der Waals surface area contributed by atoms with Gasteiger partial charge >= 0.3 is 0 Å². The second-order valence-electron chi connectivity index (χ2n) is 6.90. The molecule has 1 amide bonds. The van der Waals surface area contributed by atoms with Crippen molar-refractivity contribution in [3.8, 4) is 0 Å². The van der Waals surface area contributed by atoms with Gasteiger partial charge in [-0.15, -0.1) is 0 Å². The Bertz CT molecular complexity index is 1020. The fraction of sp³-hybridized carbons (Fsp3) is 0.167. The highest BCUT2D eigenvalue weighted by molar-refractivity contribution is 6.30. The van der Waals surface area contributed by atoms with Crippen LogP contribution in [-0.4, -0.2) is 36.3 Å². The summed E-state index contributed by atoms with van der Waals surface area (Å²) < 4.78 is 5.87. The van der Waals surface area contributed by atoms with Crippen LogP contribution in [0, 0.1) is 0 Å². The standard InChI is InChI=1S/C24H20ClNO3/c25-19-12-10-18(11-13-19)23(27)20-8-4-5-9-21(20)24(28)26-14-15-29-22(16-26)17-6-2-1-3-7-17/h1-13,22H,14-16H2/t22-/m1/s1. The highest BCUT2D eigenvalue weighted by Gasteiger charge is 2.28. The number of benzene rings is 3. The second-order valence-corrected chi connectivity index (χ2v) is 7.34. The van der Waals surface area contributed by atoms with Gasteiger partial charge in [-0.3, -0.25) is 9.59 Å². The van der Waals surface area contributed by atoms with Gasteiger partial charge in [-0.25, -0.2) is 0 Å². The molecule has 29 heavy (non-hydrogen) atoms. The van der Waals surface area contributed by atoms with Crippen molar-refractivity contribution in [2.24, 2.45) is 0 Å². The number of halogens is 1. The topological polar surface area (TPSA) is 46.6 Å². The molecule has 1 aliphatic heterocycles. The van der Waals surface area contributed by atoms with E-state index < -0.39 is 0 Å². The van der Waals surface area contributed by atoms with Crippen molar-refractivity contribution in [3.63, 3.8) is 0 Å². The molecular formula is C24H20ClNO3. The van der Waals surface area contributed by atoms with Crippen LogP contribution in [0.25, 0.3) is 0 Å². The lowest BCUT2D eigenvalue weighted by Gasteiger charge is -2.33. The summed E-state index contributed by atoms with van der Waals surface area (Å²) in [6.45, 7) is 1.40. The molecular weight excluding hydrogens is 386 g/mol. The number of hydrogen-bond donors (Lipinski definition) is 0. The number of nitrogens with zero attached hydrogens (tertiary/aromatic N) is 1. The molecule has 0 unspecified atom stereocenters. The van der Waals surface area contributed by atoms with Crippen molar-refractivity contribution in [1.29, 1.82) is 0 Å². The van der Waals surface area contributed by atoms with Gasteiger partial charge in [0.2, 0.25) is 0 Å².